The highest BCUT2D eigenvalue weighted by Gasteiger charge is 2.24. The molecular formula is C20H13ClN4O2. The van der Waals surface area contributed by atoms with E-state index < -0.39 is 0 Å². The molecule has 0 unspecified atom stereocenters. The molecular weight excluding hydrogens is 364 g/mol. The molecule has 2 aromatic heterocycles. The van der Waals surface area contributed by atoms with Crippen LogP contribution in [0, 0.1) is 0 Å². The van der Waals surface area contributed by atoms with Crippen LogP contribution in [-0.4, -0.2) is 20.6 Å². The monoisotopic (exact) mass is 376 g/mol. The van der Waals surface area contributed by atoms with Crippen LogP contribution in [0.15, 0.2) is 51.7 Å². The molecule has 0 amide bonds. The van der Waals surface area contributed by atoms with Crippen molar-refractivity contribution in [2.45, 2.75) is 12.8 Å². The van der Waals surface area contributed by atoms with E-state index in [1.807, 2.05) is 36.4 Å². The minimum absolute atomic E-state index is 0.0000746. The molecule has 4 aromatic rings. The minimum atomic E-state index is 0.0000746. The van der Waals surface area contributed by atoms with Crippen molar-refractivity contribution in [1.82, 2.24) is 20.6 Å². The number of hydrogen-bond acceptors (Lipinski definition) is 5. The maximum Gasteiger partial charge on any atom is 0.196 e. The molecule has 2 aromatic carbocycles. The van der Waals surface area contributed by atoms with Gasteiger partial charge in [0.15, 0.2) is 11.3 Å². The molecule has 0 radical (unpaired) electrons. The topological polar surface area (TPSA) is 84.7 Å². The molecule has 0 aliphatic heterocycles. The zero-order valence-corrected chi connectivity index (χ0v) is 14.8. The van der Waals surface area contributed by atoms with Gasteiger partial charge in [0.05, 0.1) is 5.39 Å². The fraction of sp³-hybridized carbons (Fsp3) is 0.100. The van der Waals surface area contributed by atoms with Crippen molar-refractivity contribution in [2.24, 2.45) is 0 Å². The fourth-order valence-electron chi connectivity index (χ4n) is 3.42. The third kappa shape index (κ3) is 2.74. The fourth-order valence-corrected chi connectivity index (χ4v) is 3.55. The highest BCUT2D eigenvalue weighted by Crippen LogP contribution is 2.34. The first-order valence-electron chi connectivity index (χ1n) is 8.49. The normalized spacial score (nSPS) is 14.8. The SMILES string of the molecule is O=c1c2c(oc3ccc(-c4nnn[nH]4)cc13)/C(=C/c1ccc(Cl)cc1)CC2. The van der Waals surface area contributed by atoms with Crippen LogP contribution in [0.25, 0.3) is 34.0 Å². The number of rotatable bonds is 2. The molecule has 27 heavy (non-hydrogen) atoms. The second-order valence-electron chi connectivity index (χ2n) is 6.42. The number of fused-ring (bicyclic) bond motifs is 2. The van der Waals surface area contributed by atoms with E-state index in [2.05, 4.69) is 20.6 Å². The summed E-state index contributed by atoms with van der Waals surface area (Å²) in [6, 6.07) is 13.0. The Morgan fingerprint density at radius 3 is 2.74 bits per heavy atom. The van der Waals surface area contributed by atoms with Crippen molar-refractivity contribution in [3.8, 4) is 11.4 Å². The van der Waals surface area contributed by atoms with Gasteiger partial charge in [0.25, 0.3) is 0 Å². The quantitative estimate of drug-likeness (QED) is 0.569. The summed E-state index contributed by atoms with van der Waals surface area (Å²) in [6.07, 6.45) is 3.48. The zero-order valence-electron chi connectivity index (χ0n) is 14.1. The van der Waals surface area contributed by atoms with Crippen LogP contribution in [0.1, 0.15) is 23.3 Å². The predicted molar refractivity (Wildman–Crippen MR) is 103 cm³/mol. The summed E-state index contributed by atoms with van der Waals surface area (Å²) >= 11 is 5.95. The maximum atomic E-state index is 13.0. The van der Waals surface area contributed by atoms with Crippen molar-refractivity contribution in [1.29, 1.82) is 0 Å². The Morgan fingerprint density at radius 1 is 1.11 bits per heavy atom. The third-order valence-electron chi connectivity index (χ3n) is 4.75. The Kier molecular flexibility index (Phi) is 3.65. The molecule has 7 heteroatoms. The number of aromatic amines is 1. The Hall–Kier alpha value is -3.25. The maximum absolute atomic E-state index is 13.0. The lowest BCUT2D eigenvalue weighted by Crippen LogP contribution is -2.08. The summed E-state index contributed by atoms with van der Waals surface area (Å²) in [7, 11) is 0. The first-order chi connectivity index (χ1) is 13.2. The van der Waals surface area contributed by atoms with Gasteiger partial charge in [0.1, 0.15) is 11.3 Å². The molecule has 132 valence electrons. The van der Waals surface area contributed by atoms with Gasteiger partial charge in [0.2, 0.25) is 0 Å². The molecule has 0 saturated heterocycles. The smallest absolute Gasteiger partial charge is 0.196 e. The van der Waals surface area contributed by atoms with Crippen LogP contribution in [0.5, 0.6) is 0 Å². The second kappa shape index (κ2) is 6.17. The second-order valence-corrected chi connectivity index (χ2v) is 6.86. The van der Waals surface area contributed by atoms with Crippen molar-refractivity contribution < 1.29 is 4.42 Å². The average Bonchev–Trinajstić information content (AvgIpc) is 3.35. The summed E-state index contributed by atoms with van der Waals surface area (Å²) < 4.78 is 6.11. The first kappa shape index (κ1) is 16.0. The molecule has 0 saturated carbocycles. The summed E-state index contributed by atoms with van der Waals surface area (Å²) in [5, 5.41) is 15.0. The van der Waals surface area contributed by atoms with Gasteiger partial charge < -0.3 is 4.42 Å². The summed E-state index contributed by atoms with van der Waals surface area (Å²) in [6.45, 7) is 0. The van der Waals surface area contributed by atoms with E-state index in [9.17, 15) is 4.79 Å². The average molecular weight is 377 g/mol. The molecule has 6 nitrogen and oxygen atoms in total. The van der Waals surface area contributed by atoms with E-state index >= 15 is 0 Å². The standard InChI is InChI=1S/C20H13ClN4O2/c21-14-5-1-11(2-6-14)9-12-3-7-15-18(26)16-10-13(20-22-24-25-23-20)4-8-17(16)27-19(12)15/h1-2,4-6,8-10H,3,7H2,(H,22,23,24,25)/b12-9+. The molecule has 1 aliphatic rings. The lowest BCUT2D eigenvalue weighted by Gasteiger charge is -2.05. The molecule has 5 rings (SSSR count). The number of hydrogen-bond donors (Lipinski definition) is 1. The van der Waals surface area contributed by atoms with Crippen LogP contribution in [0.3, 0.4) is 0 Å². The molecule has 1 N–H and O–H groups in total. The lowest BCUT2D eigenvalue weighted by molar-refractivity contribution is 0.585. The van der Waals surface area contributed by atoms with E-state index in [-0.39, 0.29) is 5.43 Å². The Morgan fingerprint density at radius 2 is 1.96 bits per heavy atom. The van der Waals surface area contributed by atoms with E-state index in [1.54, 1.807) is 12.1 Å². The van der Waals surface area contributed by atoms with Gasteiger partial charge in [0, 0.05) is 16.1 Å². The highest BCUT2D eigenvalue weighted by atomic mass is 35.5. The Labute approximate surface area is 158 Å². The Balaban J connectivity index is 1.64. The van der Waals surface area contributed by atoms with Gasteiger partial charge >= 0.3 is 0 Å². The van der Waals surface area contributed by atoms with Gasteiger partial charge in [-0.3, -0.25) is 4.79 Å². The number of benzene rings is 2. The van der Waals surface area contributed by atoms with Gasteiger partial charge in [-0.15, -0.1) is 5.10 Å². The van der Waals surface area contributed by atoms with Crippen LogP contribution in [-0.2, 0) is 6.42 Å². The highest BCUT2D eigenvalue weighted by molar-refractivity contribution is 6.30. The summed E-state index contributed by atoms with van der Waals surface area (Å²) in [5.74, 6) is 1.19. The number of allylic oxidation sites excluding steroid dienone is 1. The van der Waals surface area contributed by atoms with Crippen molar-refractivity contribution in [3.63, 3.8) is 0 Å². The summed E-state index contributed by atoms with van der Waals surface area (Å²) in [5.41, 5.74) is 4.07. The van der Waals surface area contributed by atoms with Gasteiger partial charge in [-0.1, -0.05) is 23.7 Å². The Bertz CT molecular complexity index is 1240. The molecule has 0 fully saturated rings. The third-order valence-corrected chi connectivity index (χ3v) is 5.00. The van der Waals surface area contributed by atoms with Crippen LogP contribution in [0.2, 0.25) is 5.02 Å². The molecule has 0 spiro atoms. The van der Waals surface area contributed by atoms with E-state index in [0.29, 0.717) is 34.0 Å². The number of tetrazole rings is 1. The zero-order chi connectivity index (χ0) is 18.4. The first-order valence-corrected chi connectivity index (χ1v) is 8.87. The van der Waals surface area contributed by atoms with Crippen LogP contribution >= 0.6 is 11.6 Å². The number of H-pyrrole nitrogens is 1. The van der Waals surface area contributed by atoms with Crippen molar-refractivity contribution in [2.75, 3.05) is 0 Å². The molecule has 1 aliphatic carbocycles. The number of aromatic nitrogens is 4. The number of nitrogens with zero attached hydrogens (tertiary/aromatic N) is 3. The van der Waals surface area contributed by atoms with Crippen LogP contribution < -0.4 is 5.43 Å². The van der Waals surface area contributed by atoms with Crippen molar-refractivity contribution in [3.05, 3.63) is 74.6 Å². The van der Waals surface area contributed by atoms with E-state index in [1.165, 1.54) is 0 Å². The molecule has 0 atom stereocenters. The number of nitrogens with one attached hydrogen (secondary N) is 1. The van der Waals surface area contributed by atoms with E-state index in [0.717, 1.165) is 28.7 Å². The summed E-state index contributed by atoms with van der Waals surface area (Å²) in [4.78, 5) is 13.0. The van der Waals surface area contributed by atoms with Crippen LogP contribution in [0.4, 0.5) is 0 Å². The molecule has 2 heterocycles. The van der Waals surface area contributed by atoms with Crippen molar-refractivity contribution >= 4 is 34.2 Å². The minimum Gasteiger partial charge on any atom is -0.456 e. The largest absolute Gasteiger partial charge is 0.456 e. The van der Waals surface area contributed by atoms with E-state index in [4.69, 9.17) is 16.0 Å². The predicted octanol–water partition coefficient (Wildman–Crippen LogP) is 4.11. The lowest BCUT2D eigenvalue weighted by atomic mass is 10.1. The van der Waals surface area contributed by atoms with Gasteiger partial charge in [-0.25, -0.2) is 5.10 Å². The number of halogens is 1. The van der Waals surface area contributed by atoms with Gasteiger partial charge in [-0.2, -0.15) is 0 Å². The van der Waals surface area contributed by atoms with Gasteiger partial charge in [-0.05, 0) is 70.8 Å². The molecule has 0 bridgehead atoms.